The van der Waals surface area contributed by atoms with Crippen LogP contribution in [0.25, 0.3) is 11.3 Å². The number of pyridine rings is 1. The molecule has 0 unspecified atom stereocenters. The van der Waals surface area contributed by atoms with Gasteiger partial charge in [-0.1, -0.05) is 0 Å². The Bertz CT molecular complexity index is 1110. The van der Waals surface area contributed by atoms with Gasteiger partial charge >= 0.3 is 0 Å². The Morgan fingerprint density at radius 1 is 1.07 bits per heavy atom. The number of carbonyl (C=O) groups is 2. The number of rotatable bonds is 7. The van der Waals surface area contributed by atoms with Gasteiger partial charge in [0.15, 0.2) is 10.9 Å². The summed E-state index contributed by atoms with van der Waals surface area (Å²) in [7, 11) is 0. The maximum atomic E-state index is 12.2. The van der Waals surface area contributed by atoms with Gasteiger partial charge in [-0.15, -0.1) is 22.7 Å². The number of hydrogen-bond donors (Lipinski definition) is 2. The van der Waals surface area contributed by atoms with Crippen molar-refractivity contribution >= 4 is 39.6 Å². The van der Waals surface area contributed by atoms with Crippen molar-refractivity contribution in [3.63, 3.8) is 0 Å². The molecule has 146 valence electrons. The molecular weight excluding hydrogens is 410 g/mol. The number of nitrogens with one attached hydrogen (secondary N) is 2. The van der Waals surface area contributed by atoms with Crippen LogP contribution in [0.1, 0.15) is 21.3 Å². The number of anilines is 1. The predicted molar refractivity (Wildman–Crippen MR) is 110 cm³/mol. The molecule has 0 aliphatic heterocycles. The second-order valence-corrected chi connectivity index (χ2v) is 7.69. The molecule has 8 nitrogen and oxygen atoms in total. The van der Waals surface area contributed by atoms with Crippen LogP contribution in [0.4, 0.5) is 5.13 Å². The van der Waals surface area contributed by atoms with E-state index in [-0.39, 0.29) is 24.0 Å². The molecule has 0 aliphatic rings. The topological polar surface area (TPSA) is 110 Å². The molecule has 0 saturated heterocycles. The molecule has 0 bridgehead atoms. The van der Waals surface area contributed by atoms with Gasteiger partial charge in [0.25, 0.3) is 5.91 Å². The Labute approximate surface area is 173 Å². The van der Waals surface area contributed by atoms with E-state index in [1.54, 1.807) is 29.9 Å². The minimum Gasteiger partial charge on any atom is -0.459 e. The zero-order chi connectivity index (χ0) is 20.1. The van der Waals surface area contributed by atoms with Crippen LogP contribution in [-0.2, 0) is 17.8 Å². The summed E-state index contributed by atoms with van der Waals surface area (Å²) in [6.07, 6.45) is 4.98. The van der Waals surface area contributed by atoms with E-state index in [9.17, 15) is 9.59 Å². The molecule has 4 heterocycles. The first-order valence-electron chi connectivity index (χ1n) is 8.58. The SMILES string of the molecule is O=C(Cc1csc(NC(=O)c2ccco2)n1)NCc1nc(-c2ccncc2)cs1. The van der Waals surface area contributed by atoms with Crippen molar-refractivity contribution in [2.24, 2.45) is 0 Å². The fourth-order valence-corrected chi connectivity index (χ4v) is 3.91. The molecule has 0 radical (unpaired) electrons. The van der Waals surface area contributed by atoms with Crippen LogP contribution in [0.2, 0.25) is 0 Å². The minimum atomic E-state index is -0.380. The lowest BCUT2D eigenvalue weighted by atomic mass is 10.2. The normalized spacial score (nSPS) is 10.6. The number of aromatic nitrogens is 3. The summed E-state index contributed by atoms with van der Waals surface area (Å²) in [6.45, 7) is 0.348. The summed E-state index contributed by atoms with van der Waals surface area (Å²) in [5, 5.41) is 10.4. The van der Waals surface area contributed by atoms with E-state index >= 15 is 0 Å². The Balaban J connectivity index is 1.28. The molecule has 4 rings (SSSR count). The quantitative estimate of drug-likeness (QED) is 0.470. The van der Waals surface area contributed by atoms with Gasteiger partial charge in [-0.3, -0.25) is 19.9 Å². The van der Waals surface area contributed by atoms with Gasteiger partial charge in [0, 0.05) is 28.7 Å². The van der Waals surface area contributed by atoms with E-state index in [4.69, 9.17) is 4.42 Å². The lowest BCUT2D eigenvalue weighted by molar-refractivity contribution is -0.120. The number of amides is 2. The summed E-state index contributed by atoms with van der Waals surface area (Å²) in [6, 6.07) is 6.98. The number of carbonyl (C=O) groups excluding carboxylic acids is 2. The lowest BCUT2D eigenvalue weighted by Crippen LogP contribution is -2.24. The van der Waals surface area contributed by atoms with Crippen molar-refractivity contribution in [1.82, 2.24) is 20.3 Å². The molecular formula is C19H15N5O3S2. The molecule has 0 aliphatic carbocycles. The van der Waals surface area contributed by atoms with Crippen LogP contribution in [-0.4, -0.2) is 26.8 Å². The van der Waals surface area contributed by atoms with E-state index in [1.807, 2.05) is 17.5 Å². The molecule has 2 amide bonds. The van der Waals surface area contributed by atoms with Crippen LogP contribution in [0.15, 0.2) is 58.1 Å². The summed E-state index contributed by atoms with van der Waals surface area (Å²) in [4.78, 5) is 36.9. The van der Waals surface area contributed by atoms with Crippen molar-refractivity contribution in [2.45, 2.75) is 13.0 Å². The fraction of sp³-hybridized carbons (Fsp3) is 0.105. The van der Waals surface area contributed by atoms with E-state index in [0.29, 0.717) is 17.4 Å². The van der Waals surface area contributed by atoms with E-state index in [0.717, 1.165) is 16.3 Å². The highest BCUT2D eigenvalue weighted by Gasteiger charge is 2.13. The van der Waals surface area contributed by atoms with Gasteiger partial charge in [0.05, 0.1) is 30.6 Å². The number of furan rings is 1. The average molecular weight is 425 g/mol. The molecule has 2 N–H and O–H groups in total. The summed E-state index contributed by atoms with van der Waals surface area (Å²) < 4.78 is 5.04. The van der Waals surface area contributed by atoms with Crippen molar-refractivity contribution in [1.29, 1.82) is 0 Å². The Morgan fingerprint density at radius 2 is 1.93 bits per heavy atom. The van der Waals surface area contributed by atoms with E-state index in [2.05, 4.69) is 25.6 Å². The maximum Gasteiger partial charge on any atom is 0.293 e. The highest BCUT2D eigenvalue weighted by Crippen LogP contribution is 2.21. The third-order valence-electron chi connectivity index (χ3n) is 3.82. The minimum absolute atomic E-state index is 0.121. The smallest absolute Gasteiger partial charge is 0.293 e. The van der Waals surface area contributed by atoms with Gasteiger partial charge in [-0.2, -0.15) is 0 Å². The first-order chi connectivity index (χ1) is 14.2. The zero-order valence-corrected chi connectivity index (χ0v) is 16.6. The molecule has 4 aromatic heterocycles. The highest BCUT2D eigenvalue weighted by atomic mass is 32.1. The van der Waals surface area contributed by atoms with Gasteiger partial charge in [0.1, 0.15) is 5.01 Å². The van der Waals surface area contributed by atoms with Crippen LogP contribution in [0.5, 0.6) is 0 Å². The van der Waals surface area contributed by atoms with Crippen LogP contribution < -0.4 is 10.6 Å². The van der Waals surface area contributed by atoms with Crippen molar-refractivity contribution < 1.29 is 14.0 Å². The van der Waals surface area contributed by atoms with Crippen LogP contribution in [0.3, 0.4) is 0 Å². The predicted octanol–water partition coefficient (Wildman–Crippen LogP) is 3.37. The second kappa shape index (κ2) is 8.76. The molecule has 0 saturated carbocycles. The molecule has 29 heavy (non-hydrogen) atoms. The molecule has 0 atom stereocenters. The number of thiazole rings is 2. The Hall–Kier alpha value is -3.37. The van der Waals surface area contributed by atoms with Crippen LogP contribution in [0, 0.1) is 0 Å². The van der Waals surface area contributed by atoms with Crippen molar-refractivity contribution in [2.75, 3.05) is 5.32 Å². The third-order valence-corrected chi connectivity index (χ3v) is 5.48. The monoisotopic (exact) mass is 425 g/mol. The summed E-state index contributed by atoms with van der Waals surface area (Å²) >= 11 is 2.74. The Morgan fingerprint density at radius 3 is 2.72 bits per heavy atom. The van der Waals surface area contributed by atoms with Crippen LogP contribution >= 0.6 is 22.7 Å². The first-order valence-corrected chi connectivity index (χ1v) is 10.3. The molecule has 0 fully saturated rings. The maximum absolute atomic E-state index is 12.2. The molecule has 0 spiro atoms. The van der Waals surface area contributed by atoms with Gasteiger partial charge in [0.2, 0.25) is 5.91 Å². The lowest BCUT2D eigenvalue weighted by Gasteiger charge is -2.01. The summed E-state index contributed by atoms with van der Waals surface area (Å²) in [5.41, 5.74) is 2.43. The van der Waals surface area contributed by atoms with E-state index < -0.39 is 0 Å². The van der Waals surface area contributed by atoms with Crippen molar-refractivity contribution in [3.8, 4) is 11.3 Å². The molecule has 10 heteroatoms. The molecule has 0 aromatic carbocycles. The van der Waals surface area contributed by atoms with Crippen molar-refractivity contribution in [3.05, 3.63) is 70.1 Å². The third kappa shape index (κ3) is 4.92. The van der Waals surface area contributed by atoms with Gasteiger partial charge in [-0.05, 0) is 24.3 Å². The largest absolute Gasteiger partial charge is 0.459 e. The standard InChI is InChI=1S/C19H15N5O3S2/c25-16(21-9-17-23-14(11-28-17)12-3-5-20-6-4-12)8-13-10-29-19(22-13)24-18(26)15-2-1-7-27-15/h1-7,10-11H,8-9H2,(H,21,25)(H,22,24,26). The fourth-order valence-electron chi connectivity index (χ4n) is 2.46. The summed E-state index contributed by atoms with van der Waals surface area (Å²) in [5.74, 6) is -0.344. The molecule has 4 aromatic rings. The van der Waals surface area contributed by atoms with Gasteiger partial charge in [-0.25, -0.2) is 9.97 Å². The second-order valence-electron chi connectivity index (χ2n) is 5.89. The zero-order valence-electron chi connectivity index (χ0n) is 15.0. The van der Waals surface area contributed by atoms with Gasteiger partial charge < -0.3 is 9.73 Å². The Kier molecular flexibility index (Phi) is 5.73. The highest BCUT2D eigenvalue weighted by molar-refractivity contribution is 7.14. The average Bonchev–Trinajstić information content (AvgIpc) is 3.49. The first kappa shape index (κ1) is 19.0. The number of nitrogens with zero attached hydrogens (tertiary/aromatic N) is 3. The number of hydrogen-bond acceptors (Lipinski definition) is 8. The van der Waals surface area contributed by atoms with E-state index in [1.165, 1.54) is 28.9 Å².